The lowest BCUT2D eigenvalue weighted by molar-refractivity contribution is 0.171. The highest BCUT2D eigenvalue weighted by molar-refractivity contribution is 5.44. The third kappa shape index (κ3) is 2.13. The molecule has 1 unspecified atom stereocenters. The molecule has 1 aliphatic rings. The zero-order chi connectivity index (χ0) is 10.7. The Balaban J connectivity index is 2.23. The van der Waals surface area contributed by atoms with Gasteiger partial charge in [-0.15, -0.1) is 6.58 Å². The molecule has 3 nitrogen and oxygen atoms in total. The minimum absolute atomic E-state index is 0.0154. The van der Waals surface area contributed by atoms with Gasteiger partial charge < -0.3 is 15.2 Å². The van der Waals surface area contributed by atoms with E-state index in [-0.39, 0.29) is 6.04 Å². The number of fused-ring (bicyclic) bond motifs is 1. The number of hydrogen-bond donors (Lipinski definition) is 1. The van der Waals surface area contributed by atoms with E-state index in [4.69, 9.17) is 15.2 Å². The second-order valence-electron chi connectivity index (χ2n) is 3.53. The van der Waals surface area contributed by atoms with Crippen molar-refractivity contribution in [3.8, 4) is 11.5 Å². The van der Waals surface area contributed by atoms with Gasteiger partial charge in [0.15, 0.2) is 11.5 Å². The Kier molecular flexibility index (Phi) is 2.92. The summed E-state index contributed by atoms with van der Waals surface area (Å²) in [6, 6.07) is 5.82. The van der Waals surface area contributed by atoms with E-state index in [1.165, 1.54) is 0 Å². The Bertz CT molecular complexity index is 363. The standard InChI is InChI=1S/C12H15NO2/c1-2-3-10(13)9-4-5-11-12(8-9)15-7-6-14-11/h2,4-5,8,10H,1,3,6-7,13H2. The lowest BCUT2D eigenvalue weighted by Gasteiger charge is -2.20. The highest BCUT2D eigenvalue weighted by Crippen LogP contribution is 2.32. The highest BCUT2D eigenvalue weighted by atomic mass is 16.6. The van der Waals surface area contributed by atoms with Gasteiger partial charge in [-0.1, -0.05) is 12.1 Å². The number of rotatable bonds is 3. The van der Waals surface area contributed by atoms with Crippen LogP contribution >= 0.6 is 0 Å². The smallest absolute Gasteiger partial charge is 0.161 e. The van der Waals surface area contributed by atoms with E-state index >= 15 is 0 Å². The van der Waals surface area contributed by atoms with Crippen molar-refractivity contribution in [3.63, 3.8) is 0 Å². The average Bonchev–Trinajstić information content (AvgIpc) is 2.29. The molecule has 0 saturated carbocycles. The molecule has 3 heteroatoms. The monoisotopic (exact) mass is 205 g/mol. The SMILES string of the molecule is C=CCC(N)c1ccc2c(c1)OCCO2. The Labute approximate surface area is 89.5 Å². The lowest BCUT2D eigenvalue weighted by Crippen LogP contribution is -2.16. The zero-order valence-corrected chi connectivity index (χ0v) is 8.61. The van der Waals surface area contributed by atoms with Crippen molar-refractivity contribution >= 4 is 0 Å². The molecular formula is C12H15NO2. The van der Waals surface area contributed by atoms with Crippen LogP contribution in [0.2, 0.25) is 0 Å². The predicted octanol–water partition coefficient (Wildman–Crippen LogP) is 2.03. The maximum Gasteiger partial charge on any atom is 0.161 e. The van der Waals surface area contributed by atoms with Crippen LogP contribution in [0, 0.1) is 0 Å². The van der Waals surface area contributed by atoms with Crippen LogP contribution in [0.3, 0.4) is 0 Å². The highest BCUT2D eigenvalue weighted by Gasteiger charge is 2.13. The molecule has 1 heterocycles. The van der Waals surface area contributed by atoms with Crippen molar-refractivity contribution in [2.45, 2.75) is 12.5 Å². The van der Waals surface area contributed by atoms with Gasteiger partial charge in [0.05, 0.1) is 0 Å². The quantitative estimate of drug-likeness (QED) is 0.768. The van der Waals surface area contributed by atoms with Crippen LogP contribution in [-0.4, -0.2) is 13.2 Å². The first-order valence-corrected chi connectivity index (χ1v) is 5.07. The molecule has 80 valence electrons. The van der Waals surface area contributed by atoms with Crippen molar-refractivity contribution in [2.24, 2.45) is 5.73 Å². The molecule has 0 aliphatic carbocycles. The normalized spacial score (nSPS) is 15.8. The molecule has 2 rings (SSSR count). The van der Waals surface area contributed by atoms with Crippen LogP contribution in [-0.2, 0) is 0 Å². The van der Waals surface area contributed by atoms with Gasteiger partial charge in [-0.05, 0) is 24.1 Å². The fourth-order valence-electron chi connectivity index (χ4n) is 1.61. The van der Waals surface area contributed by atoms with Crippen molar-refractivity contribution in [1.82, 2.24) is 0 Å². The van der Waals surface area contributed by atoms with Crippen LogP contribution < -0.4 is 15.2 Å². The van der Waals surface area contributed by atoms with E-state index < -0.39 is 0 Å². The Morgan fingerprint density at radius 1 is 1.33 bits per heavy atom. The molecule has 1 aliphatic heterocycles. The summed E-state index contributed by atoms with van der Waals surface area (Å²) in [6.07, 6.45) is 2.58. The molecule has 0 aromatic heterocycles. The molecule has 0 amide bonds. The molecular weight excluding hydrogens is 190 g/mol. The maximum atomic E-state index is 5.97. The topological polar surface area (TPSA) is 44.5 Å². The average molecular weight is 205 g/mol. The fourth-order valence-corrected chi connectivity index (χ4v) is 1.61. The largest absolute Gasteiger partial charge is 0.486 e. The molecule has 0 fully saturated rings. The van der Waals surface area contributed by atoms with E-state index in [1.54, 1.807) is 0 Å². The van der Waals surface area contributed by atoms with Gasteiger partial charge in [0, 0.05) is 6.04 Å². The van der Waals surface area contributed by atoms with E-state index in [2.05, 4.69) is 6.58 Å². The fraction of sp³-hybridized carbons (Fsp3) is 0.333. The summed E-state index contributed by atoms with van der Waals surface area (Å²) < 4.78 is 10.9. The molecule has 0 bridgehead atoms. The van der Waals surface area contributed by atoms with Crippen LogP contribution in [0.1, 0.15) is 18.0 Å². The van der Waals surface area contributed by atoms with Crippen molar-refractivity contribution in [3.05, 3.63) is 36.4 Å². The van der Waals surface area contributed by atoms with Crippen LogP contribution in [0.4, 0.5) is 0 Å². The number of benzene rings is 1. The molecule has 1 atom stereocenters. The van der Waals surface area contributed by atoms with Gasteiger partial charge in [-0.25, -0.2) is 0 Å². The molecule has 2 N–H and O–H groups in total. The Hall–Kier alpha value is -1.48. The first-order valence-electron chi connectivity index (χ1n) is 5.07. The minimum Gasteiger partial charge on any atom is -0.486 e. The molecule has 0 saturated heterocycles. The van der Waals surface area contributed by atoms with E-state index in [9.17, 15) is 0 Å². The van der Waals surface area contributed by atoms with Crippen LogP contribution in [0.25, 0.3) is 0 Å². The van der Waals surface area contributed by atoms with Gasteiger partial charge in [0.1, 0.15) is 13.2 Å². The summed E-state index contributed by atoms with van der Waals surface area (Å²) in [5.41, 5.74) is 7.03. The van der Waals surface area contributed by atoms with E-state index in [0.29, 0.717) is 13.2 Å². The van der Waals surface area contributed by atoms with E-state index in [0.717, 1.165) is 23.5 Å². The second-order valence-corrected chi connectivity index (χ2v) is 3.53. The molecule has 15 heavy (non-hydrogen) atoms. The van der Waals surface area contributed by atoms with Crippen molar-refractivity contribution in [2.75, 3.05) is 13.2 Å². The number of nitrogens with two attached hydrogens (primary N) is 1. The van der Waals surface area contributed by atoms with Crippen LogP contribution in [0.5, 0.6) is 11.5 Å². The molecule has 1 aromatic rings. The molecule has 1 aromatic carbocycles. The second kappa shape index (κ2) is 4.36. The van der Waals surface area contributed by atoms with E-state index in [1.807, 2.05) is 24.3 Å². The first-order chi connectivity index (χ1) is 7.31. The zero-order valence-electron chi connectivity index (χ0n) is 8.61. The van der Waals surface area contributed by atoms with Crippen LogP contribution in [0.15, 0.2) is 30.9 Å². The van der Waals surface area contributed by atoms with Gasteiger partial charge in [-0.2, -0.15) is 0 Å². The van der Waals surface area contributed by atoms with Gasteiger partial charge in [0.2, 0.25) is 0 Å². The van der Waals surface area contributed by atoms with Gasteiger partial charge in [0.25, 0.3) is 0 Å². The summed E-state index contributed by atoms with van der Waals surface area (Å²) in [6.45, 7) is 4.90. The minimum atomic E-state index is -0.0154. The predicted molar refractivity (Wildman–Crippen MR) is 59.2 cm³/mol. The summed E-state index contributed by atoms with van der Waals surface area (Å²) in [5, 5.41) is 0. The van der Waals surface area contributed by atoms with Crippen molar-refractivity contribution in [1.29, 1.82) is 0 Å². The Morgan fingerprint density at radius 3 is 2.80 bits per heavy atom. The lowest BCUT2D eigenvalue weighted by atomic mass is 10.0. The number of ether oxygens (including phenoxy) is 2. The molecule has 0 radical (unpaired) electrons. The summed E-state index contributed by atoms with van der Waals surface area (Å²) in [5.74, 6) is 1.59. The molecule has 0 spiro atoms. The van der Waals surface area contributed by atoms with Gasteiger partial charge >= 0.3 is 0 Å². The van der Waals surface area contributed by atoms with Gasteiger partial charge in [-0.3, -0.25) is 0 Å². The van der Waals surface area contributed by atoms with Crippen molar-refractivity contribution < 1.29 is 9.47 Å². The first kappa shape index (κ1) is 10.1. The maximum absolute atomic E-state index is 5.97. The third-order valence-electron chi connectivity index (χ3n) is 2.41. The third-order valence-corrected chi connectivity index (χ3v) is 2.41. The summed E-state index contributed by atoms with van der Waals surface area (Å²) >= 11 is 0. The number of hydrogen-bond acceptors (Lipinski definition) is 3. The summed E-state index contributed by atoms with van der Waals surface area (Å²) in [4.78, 5) is 0. The summed E-state index contributed by atoms with van der Waals surface area (Å²) in [7, 11) is 0. The Morgan fingerprint density at radius 2 is 2.07 bits per heavy atom.